The van der Waals surface area contributed by atoms with Gasteiger partial charge in [-0.3, -0.25) is 10.0 Å². The highest BCUT2D eigenvalue weighted by molar-refractivity contribution is 5.74. The van der Waals surface area contributed by atoms with Gasteiger partial charge in [-0.05, 0) is 37.1 Å². The number of unbranched alkanes of at least 4 members (excludes halogenated alkanes) is 3. The van der Waals surface area contributed by atoms with E-state index >= 15 is 0 Å². The lowest BCUT2D eigenvalue weighted by Crippen LogP contribution is -2.40. The van der Waals surface area contributed by atoms with Crippen molar-refractivity contribution in [2.24, 2.45) is 0 Å². The maximum Gasteiger partial charge on any atom is 0.243 e. The minimum atomic E-state index is -0.324. The van der Waals surface area contributed by atoms with E-state index < -0.39 is 0 Å². The van der Waals surface area contributed by atoms with Crippen molar-refractivity contribution < 1.29 is 19.5 Å². The van der Waals surface area contributed by atoms with Crippen molar-refractivity contribution in [1.29, 1.82) is 0 Å². The molecule has 190 valence electrons. The predicted molar refractivity (Wildman–Crippen MR) is 133 cm³/mol. The Morgan fingerprint density at radius 1 is 0.829 bits per heavy atom. The Bertz CT molecular complexity index is 896. The van der Waals surface area contributed by atoms with Crippen molar-refractivity contribution in [2.45, 2.75) is 32.1 Å². The third-order valence-corrected chi connectivity index (χ3v) is 6.13. The van der Waals surface area contributed by atoms with Gasteiger partial charge in [0.2, 0.25) is 17.8 Å². The number of benzene rings is 1. The van der Waals surface area contributed by atoms with Crippen LogP contribution in [0.15, 0.2) is 24.3 Å². The van der Waals surface area contributed by atoms with Crippen molar-refractivity contribution in [2.75, 3.05) is 74.3 Å². The van der Waals surface area contributed by atoms with E-state index in [9.17, 15) is 4.79 Å². The molecular formula is C24H35N7O4. The first-order valence-corrected chi connectivity index (χ1v) is 12.4. The molecule has 11 nitrogen and oxygen atoms in total. The Morgan fingerprint density at radius 3 is 1.97 bits per heavy atom. The molecule has 4 rings (SSSR count). The number of ether oxygens (including phenoxy) is 2. The molecule has 1 aromatic carbocycles. The smallest absolute Gasteiger partial charge is 0.243 e. The number of anilines is 3. The average molecular weight is 486 g/mol. The van der Waals surface area contributed by atoms with E-state index in [1.165, 1.54) is 0 Å². The van der Waals surface area contributed by atoms with Crippen LogP contribution in [-0.2, 0) is 14.3 Å². The second-order valence-corrected chi connectivity index (χ2v) is 8.66. The summed E-state index contributed by atoms with van der Waals surface area (Å²) >= 11 is 0. The van der Waals surface area contributed by atoms with Crippen LogP contribution in [0.2, 0.25) is 0 Å². The number of hydrogen-bond acceptors (Lipinski definition) is 10. The highest BCUT2D eigenvalue weighted by atomic mass is 16.5. The first-order chi connectivity index (χ1) is 17.2. The van der Waals surface area contributed by atoms with Crippen molar-refractivity contribution in [3.05, 3.63) is 24.3 Å². The van der Waals surface area contributed by atoms with Crippen LogP contribution < -0.4 is 20.6 Å². The quantitative estimate of drug-likeness (QED) is 0.247. The molecule has 3 heterocycles. The summed E-state index contributed by atoms with van der Waals surface area (Å²) in [7, 11) is 0. The lowest BCUT2D eigenvalue weighted by molar-refractivity contribution is -0.129. The summed E-state index contributed by atoms with van der Waals surface area (Å²) in [5.74, 6) is 1.73. The first-order valence-electron chi connectivity index (χ1n) is 12.4. The zero-order valence-corrected chi connectivity index (χ0v) is 20.1. The van der Waals surface area contributed by atoms with Crippen LogP contribution in [-0.4, -0.2) is 85.2 Å². The summed E-state index contributed by atoms with van der Waals surface area (Å²) in [6.45, 7) is 6.62. The molecule has 1 amide bonds. The SMILES string of the molecule is O=C(CCCCCCNc1ccc(-c2nc(N3CCOCC3)nc(N3CCOCC3)n2)cc1)NO. The molecule has 0 bridgehead atoms. The fraction of sp³-hybridized carbons (Fsp3) is 0.583. The maximum atomic E-state index is 11.0. The second-order valence-electron chi connectivity index (χ2n) is 8.66. The number of nitrogens with one attached hydrogen (secondary N) is 2. The number of nitrogens with zero attached hydrogens (tertiary/aromatic N) is 5. The number of aromatic nitrogens is 3. The van der Waals surface area contributed by atoms with E-state index in [1.54, 1.807) is 5.48 Å². The van der Waals surface area contributed by atoms with E-state index in [-0.39, 0.29) is 5.91 Å². The standard InChI is InChI=1S/C24H35N7O4/c32-21(29-33)5-3-1-2-4-10-25-20-8-6-19(7-9-20)22-26-23(30-11-15-34-16-12-30)28-24(27-22)31-13-17-35-18-14-31/h6-9,25,33H,1-5,10-18H2,(H,29,32). The van der Waals surface area contributed by atoms with Gasteiger partial charge in [0.25, 0.3) is 0 Å². The molecule has 2 aromatic rings. The molecule has 0 radical (unpaired) electrons. The molecule has 0 saturated carbocycles. The van der Waals surface area contributed by atoms with Gasteiger partial charge in [0, 0.05) is 50.4 Å². The van der Waals surface area contributed by atoms with Crippen LogP contribution >= 0.6 is 0 Å². The van der Waals surface area contributed by atoms with Crippen molar-refractivity contribution in [3.63, 3.8) is 0 Å². The van der Waals surface area contributed by atoms with Crippen molar-refractivity contribution in [3.8, 4) is 11.4 Å². The van der Waals surface area contributed by atoms with Crippen LogP contribution in [0.5, 0.6) is 0 Å². The number of amides is 1. The normalized spacial score (nSPS) is 16.3. The summed E-state index contributed by atoms with van der Waals surface area (Å²) in [5, 5.41) is 12.0. The summed E-state index contributed by atoms with van der Waals surface area (Å²) in [6.07, 6.45) is 4.16. The van der Waals surface area contributed by atoms with E-state index in [0.29, 0.717) is 50.6 Å². The van der Waals surface area contributed by atoms with E-state index in [1.807, 2.05) is 24.3 Å². The molecule has 2 aliphatic rings. The highest BCUT2D eigenvalue weighted by Gasteiger charge is 2.21. The monoisotopic (exact) mass is 485 g/mol. The van der Waals surface area contributed by atoms with Crippen molar-refractivity contribution >= 4 is 23.5 Å². The third kappa shape index (κ3) is 7.48. The van der Waals surface area contributed by atoms with Gasteiger partial charge < -0.3 is 24.6 Å². The second kappa shape index (κ2) is 13.2. The van der Waals surface area contributed by atoms with E-state index in [4.69, 9.17) is 29.6 Å². The Balaban J connectivity index is 1.37. The van der Waals surface area contributed by atoms with Gasteiger partial charge in [-0.2, -0.15) is 15.0 Å². The molecule has 2 saturated heterocycles. The fourth-order valence-electron chi connectivity index (χ4n) is 4.08. The van der Waals surface area contributed by atoms with Gasteiger partial charge in [-0.15, -0.1) is 0 Å². The lowest BCUT2D eigenvalue weighted by atomic mass is 10.1. The molecule has 0 atom stereocenters. The summed E-state index contributed by atoms with van der Waals surface area (Å²) in [4.78, 5) is 29.7. The Morgan fingerprint density at radius 2 is 1.40 bits per heavy atom. The van der Waals surface area contributed by atoms with Gasteiger partial charge in [-0.25, -0.2) is 5.48 Å². The largest absolute Gasteiger partial charge is 0.385 e. The van der Waals surface area contributed by atoms with Crippen LogP contribution in [0.3, 0.4) is 0 Å². The molecule has 0 unspecified atom stereocenters. The van der Waals surface area contributed by atoms with Gasteiger partial charge >= 0.3 is 0 Å². The number of carbonyl (C=O) groups excluding carboxylic acids is 1. The number of hydrogen-bond donors (Lipinski definition) is 3. The van der Waals surface area contributed by atoms with Crippen LogP contribution in [0.1, 0.15) is 32.1 Å². The number of rotatable bonds is 11. The fourth-order valence-corrected chi connectivity index (χ4v) is 4.08. The van der Waals surface area contributed by atoms with Crippen LogP contribution in [0.4, 0.5) is 17.6 Å². The van der Waals surface area contributed by atoms with Gasteiger partial charge in [0.1, 0.15) is 0 Å². The Labute approximate surface area is 205 Å². The minimum Gasteiger partial charge on any atom is -0.385 e. The average Bonchev–Trinajstić information content (AvgIpc) is 2.93. The van der Waals surface area contributed by atoms with Crippen LogP contribution in [0.25, 0.3) is 11.4 Å². The lowest BCUT2D eigenvalue weighted by Gasteiger charge is -2.30. The van der Waals surface area contributed by atoms with E-state index in [2.05, 4.69) is 15.1 Å². The molecule has 1 aromatic heterocycles. The number of carbonyl (C=O) groups is 1. The Kier molecular flexibility index (Phi) is 9.44. The third-order valence-electron chi connectivity index (χ3n) is 6.13. The topological polar surface area (TPSA) is 125 Å². The molecule has 3 N–H and O–H groups in total. The summed E-state index contributed by atoms with van der Waals surface area (Å²) < 4.78 is 11.0. The number of hydroxylamine groups is 1. The maximum absolute atomic E-state index is 11.0. The van der Waals surface area contributed by atoms with Gasteiger partial charge in [-0.1, -0.05) is 12.8 Å². The van der Waals surface area contributed by atoms with E-state index in [0.717, 1.165) is 69.7 Å². The molecule has 2 aliphatic heterocycles. The highest BCUT2D eigenvalue weighted by Crippen LogP contribution is 2.24. The summed E-state index contributed by atoms with van der Waals surface area (Å²) in [6, 6.07) is 8.18. The van der Waals surface area contributed by atoms with Gasteiger partial charge in [0.05, 0.1) is 26.4 Å². The van der Waals surface area contributed by atoms with Crippen molar-refractivity contribution in [1.82, 2.24) is 20.4 Å². The minimum absolute atomic E-state index is 0.324. The molecule has 35 heavy (non-hydrogen) atoms. The molecule has 11 heteroatoms. The molecule has 0 aliphatic carbocycles. The molecular weight excluding hydrogens is 450 g/mol. The number of morpholine rings is 2. The van der Waals surface area contributed by atoms with Gasteiger partial charge in [0.15, 0.2) is 5.82 Å². The zero-order chi connectivity index (χ0) is 24.3. The summed E-state index contributed by atoms with van der Waals surface area (Å²) in [5.41, 5.74) is 3.66. The molecule has 0 spiro atoms. The Hall–Kier alpha value is -3.02. The zero-order valence-electron chi connectivity index (χ0n) is 20.1. The molecule has 2 fully saturated rings. The predicted octanol–water partition coefficient (Wildman–Crippen LogP) is 2.08. The van der Waals surface area contributed by atoms with Crippen LogP contribution in [0, 0.1) is 0 Å². The first kappa shape index (κ1) is 25.1.